The van der Waals surface area contributed by atoms with Crippen LogP contribution in [0.3, 0.4) is 0 Å². The SMILES string of the molecule is CC1(C)[C@H](C(=O)O)[C@@H]2C(=O)C[C@@H]2S1(=O)=O. The van der Waals surface area contributed by atoms with Crippen LogP contribution in [0.15, 0.2) is 0 Å². The van der Waals surface area contributed by atoms with Gasteiger partial charge in [-0.3, -0.25) is 9.59 Å². The molecule has 15 heavy (non-hydrogen) atoms. The maximum Gasteiger partial charge on any atom is 0.308 e. The Morgan fingerprint density at radius 3 is 2.33 bits per heavy atom. The first-order chi connectivity index (χ1) is 6.71. The van der Waals surface area contributed by atoms with Crippen LogP contribution < -0.4 is 0 Å². The molecule has 0 aromatic carbocycles. The second-order valence-electron chi connectivity index (χ2n) is 4.70. The van der Waals surface area contributed by atoms with Gasteiger partial charge < -0.3 is 5.11 Å². The van der Waals surface area contributed by atoms with E-state index in [1.165, 1.54) is 13.8 Å². The van der Waals surface area contributed by atoms with Gasteiger partial charge in [0.1, 0.15) is 5.78 Å². The first-order valence-electron chi connectivity index (χ1n) is 4.70. The lowest BCUT2D eigenvalue weighted by atomic mass is 9.70. The maximum absolute atomic E-state index is 11.9. The quantitative estimate of drug-likeness (QED) is 0.679. The number of carbonyl (C=O) groups is 2. The maximum atomic E-state index is 11.9. The van der Waals surface area contributed by atoms with Gasteiger partial charge in [-0.1, -0.05) is 0 Å². The Bertz CT molecular complexity index is 447. The Morgan fingerprint density at radius 1 is 1.47 bits per heavy atom. The largest absolute Gasteiger partial charge is 0.481 e. The van der Waals surface area contributed by atoms with Gasteiger partial charge in [-0.25, -0.2) is 8.42 Å². The number of carbonyl (C=O) groups excluding carboxylic acids is 1. The van der Waals surface area contributed by atoms with Gasteiger partial charge in [0.2, 0.25) is 0 Å². The molecule has 1 N–H and O–H groups in total. The highest BCUT2D eigenvalue weighted by Crippen LogP contribution is 2.53. The number of aliphatic carboxylic acids is 1. The summed E-state index contributed by atoms with van der Waals surface area (Å²) in [6.07, 6.45) is -0.0137. The summed E-state index contributed by atoms with van der Waals surface area (Å²) in [5.41, 5.74) is 0. The van der Waals surface area contributed by atoms with Crippen molar-refractivity contribution in [1.29, 1.82) is 0 Å². The van der Waals surface area contributed by atoms with Gasteiger partial charge in [0.15, 0.2) is 9.84 Å². The zero-order valence-electron chi connectivity index (χ0n) is 8.43. The molecule has 0 unspecified atom stereocenters. The standard InChI is InChI=1S/C9H12O5S/c1-9(2)7(8(11)12)6-4(10)3-5(6)15(9,13)14/h5-7H,3H2,1-2H3,(H,11,12)/t5-,6+,7-/m0/s1. The predicted octanol–water partition coefficient (Wildman–Crippen LogP) is -0.148. The Morgan fingerprint density at radius 2 is 2.00 bits per heavy atom. The predicted molar refractivity (Wildman–Crippen MR) is 51.0 cm³/mol. The van der Waals surface area contributed by atoms with E-state index in [1.807, 2.05) is 0 Å². The summed E-state index contributed by atoms with van der Waals surface area (Å²) in [6.45, 7) is 2.79. The molecule has 1 saturated carbocycles. The van der Waals surface area contributed by atoms with Crippen LogP contribution in [0.25, 0.3) is 0 Å². The summed E-state index contributed by atoms with van der Waals surface area (Å²) in [7, 11) is -3.49. The first-order valence-corrected chi connectivity index (χ1v) is 6.25. The molecule has 6 heteroatoms. The number of hydrogen-bond acceptors (Lipinski definition) is 4. The molecule has 0 aromatic rings. The lowest BCUT2D eigenvalue weighted by Crippen LogP contribution is -2.45. The van der Waals surface area contributed by atoms with Crippen molar-refractivity contribution < 1.29 is 23.1 Å². The van der Waals surface area contributed by atoms with E-state index >= 15 is 0 Å². The zero-order valence-corrected chi connectivity index (χ0v) is 9.24. The van der Waals surface area contributed by atoms with Crippen LogP contribution in [-0.2, 0) is 19.4 Å². The van der Waals surface area contributed by atoms with E-state index in [2.05, 4.69) is 0 Å². The normalized spacial score (nSPS) is 40.7. The fourth-order valence-corrected chi connectivity index (χ4v) is 5.12. The van der Waals surface area contributed by atoms with Crippen molar-refractivity contribution in [2.24, 2.45) is 11.8 Å². The number of sulfone groups is 1. The summed E-state index contributed by atoms with van der Waals surface area (Å²) in [4.78, 5) is 22.3. The van der Waals surface area contributed by atoms with Gasteiger partial charge in [0, 0.05) is 12.3 Å². The van der Waals surface area contributed by atoms with Crippen molar-refractivity contribution in [3.8, 4) is 0 Å². The molecule has 0 amide bonds. The summed E-state index contributed by atoms with van der Waals surface area (Å²) in [6, 6.07) is 0. The minimum Gasteiger partial charge on any atom is -0.481 e. The van der Waals surface area contributed by atoms with Crippen molar-refractivity contribution in [2.75, 3.05) is 0 Å². The molecular formula is C9H12O5S. The molecule has 1 aliphatic heterocycles. The molecule has 0 bridgehead atoms. The van der Waals surface area contributed by atoms with Crippen LogP contribution in [0.5, 0.6) is 0 Å². The molecule has 2 fully saturated rings. The van der Waals surface area contributed by atoms with Crippen LogP contribution in [0.4, 0.5) is 0 Å². The highest BCUT2D eigenvalue weighted by molar-refractivity contribution is 7.93. The average molecular weight is 232 g/mol. The number of Topliss-reactive ketones (excluding diaryl/α,β-unsaturated/α-hetero) is 1. The fraction of sp³-hybridized carbons (Fsp3) is 0.778. The molecule has 5 nitrogen and oxygen atoms in total. The topological polar surface area (TPSA) is 88.5 Å². The van der Waals surface area contributed by atoms with Crippen molar-refractivity contribution >= 4 is 21.6 Å². The second kappa shape index (κ2) is 2.61. The minimum absolute atomic E-state index is 0.0137. The van der Waals surface area contributed by atoms with Gasteiger partial charge in [-0.05, 0) is 13.8 Å². The van der Waals surface area contributed by atoms with Gasteiger partial charge in [-0.15, -0.1) is 0 Å². The van der Waals surface area contributed by atoms with E-state index in [-0.39, 0.29) is 12.2 Å². The van der Waals surface area contributed by atoms with E-state index in [1.54, 1.807) is 0 Å². The van der Waals surface area contributed by atoms with Crippen molar-refractivity contribution in [3.05, 3.63) is 0 Å². The van der Waals surface area contributed by atoms with Gasteiger partial charge in [0.05, 0.1) is 15.9 Å². The van der Waals surface area contributed by atoms with Gasteiger partial charge in [0.25, 0.3) is 0 Å². The van der Waals surface area contributed by atoms with E-state index < -0.39 is 37.6 Å². The lowest BCUT2D eigenvalue weighted by molar-refractivity contribution is -0.149. The monoisotopic (exact) mass is 232 g/mol. The first kappa shape index (κ1) is 10.6. The van der Waals surface area contributed by atoms with E-state index in [0.717, 1.165) is 0 Å². The second-order valence-corrected chi connectivity index (χ2v) is 7.45. The van der Waals surface area contributed by atoms with Crippen LogP contribution in [-0.4, -0.2) is 35.3 Å². The molecule has 2 aliphatic rings. The third kappa shape index (κ3) is 1.00. The number of ketones is 1. The van der Waals surface area contributed by atoms with Crippen molar-refractivity contribution in [2.45, 2.75) is 30.3 Å². The molecule has 0 spiro atoms. The highest BCUT2D eigenvalue weighted by Gasteiger charge is 2.69. The van der Waals surface area contributed by atoms with Crippen molar-refractivity contribution in [3.63, 3.8) is 0 Å². The molecule has 0 aromatic heterocycles. The van der Waals surface area contributed by atoms with E-state index in [4.69, 9.17) is 5.11 Å². The molecular weight excluding hydrogens is 220 g/mol. The Balaban J connectivity index is 2.57. The van der Waals surface area contributed by atoms with E-state index in [0.29, 0.717) is 0 Å². The third-order valence-electron chi connectivity index (χ3n) is 3.68. The lowest BCUT2D eigenvalue weighted by Gasteiger charge is -2.28. The molecule has 2 rings (SSSR count). The van der Waals surface area contributed by atoms with E-state index in [9.17, 15) is 18.0 Å². The molecule has 3 atom stereocenters. The third-order valence-corrected chi connectivity index (χ3v) is 6.66. The summed E-state index contributed by atoms with van der Waals surface area (Å²) in [5.74, 6) is -3.33. The summed E-state index contributed by atoms with van der Waals surface area (Å²) in [5, 5.41) is 8.24. The Hall–Kier alpha value is -0.910. The number of carboxylic acid groups (broad SMARTS) is 1. The molecule has 1 saturated heterocycles. The van der Waals surface area contributed by atoms with Crippen LogP contribution in [0.2, 0.25) is 0 Å². The molecule has 1 heterocycles. The summed E-state index contributed by atoms with van der Waals surface area (Å²) >= 11 is 0. The van der Waals surface area contributed by atoms with Gasteiger partial charge >= 0.3 is 5.97 Å². The molecule has 0 radical (unpaired) electrons. The zero-order chi connectivity index (χ0) is 11.6. The Labute approximate surface area is 87.4 Å². The van der Waals surface area contributed by atoms with Crippen LogP contribution in [0.1, 0.15) is 20.3 Å². The van der Waals surface area contributed by atoms with Crippen LogP contribution >= 0.6 is 0 Å². The fourth-order valence-electron chi connectivity index (χ4n) is 2.66. The number of hydrogen-bond donors (Lipinski definition) is 1. The number of rotatable bonds is 1. The minimum atomic E-state index is -3.49. The molecule has 1 aliphatic carbocycles. The summed E-state index contributed by atoms with van der Waals surface area (Å²) < 4.78 is 22.5. The number of fused-ring (bicyclic) bond motifs is 1. The number of carboxylic acids is 1. The average Bonchev–Trinajstić information content (AvgIpc) is 2.19. The van der Waals surface area contributed by atoms with Crippen molar-refractivity contribution in [1.82, 2.24) is 0 Å². The Kier molecular flexibility index (Phi) is 1.84. The molecule has 84 valence electrons. The van der Waals surface area contributed by atoms with Crippen LogP contribution in [0, 0.1) is 11.8 Å². The van der Waals surface area contributed by atoms with Gasteiger partial charge in [-0.2, -0.15) is 0 Å². The smallest absolute Gasteiger partial charge is 0.308 e. The highest BCUT2D eigenvalue weighted by atomic mass is 32.2.